The first-order valence-corrected chi connectivity index (χ1v) is 17.7. The molecule has 1 atom stereocenters. The van der Waals surface area contributed by atoms with Crippen LogP contribution in [0.1, 0.15) is 70.9 Å². The molecule has 2 aromatic carbocycles. The Labute approximate surface area is 281 Å². The number of benzene rings is 2. The summed E-state index contributed by atoms with van der Waals surface area (Å²) in [7, 11) is -0.267. The second-order valence-corrected chi connectivity index (χ2v) is 14.6. The Morgan fingerprint density at radius 3 is 2.44 bits per heavy atom. The van der Waals surface area contributed by atoms with E-state index in [9.17, 15) is 31.2 Å². The van der Waals surface area contributed by atoms with Crippen LogP contribution < -0.4 is 10.1 Å². The number of carbonyl (C=O) groups is 2. The largest absolute Gasteiger partial charge is 0.493 e. The smallest absolute Gasteiger partial charge is 0.416 e. The van der Waals surface area contributed by atoms with Gasteiger partial charge < -0.3 is 15.0 Å². The molecule has 13 heteroatoms. The van der Waals surface area contributed by atoms with E-state index >= 15 is 0 Å². The minimum absolute atomic E-state index is 0.0363. The Morgan fingerprint density at radius 2 is 1.81 bits per heavy atom. The van der Waals surface area contributed by atoms with Gasteiger partial charge in [-0.2, -0.15) is 13.2 Å². The van der Waals surface area contributed by atoms with E-state index in [0.717, 1.165) is 36.1 Å². The summed E-state index contributed by atoms with van der Waals surface area (Å²) in [6, 6.07) is 8.73. The third kappa shape index (κ3) is 8.30. The number of sulfonamides is 1. The van der Waals surface area contributed by atoms with Crippen LogP contribution in [0.4, 0.5) is 13.2 Å². The number of piperidine rings is 1. The van der Waals surface area contributed by atoms with E-state index in [2.05, 4.69) is 18.5 Å². The number of allylic oxidation sites excluding steroid dienone is 1. The number of nitrogens with one attached hydrogen (secondary N) is 1. The number of nitrogens with zero attached hydrogens (tertiary/aromatic N) is 3. The highest BCUT2D eigenvalue weighted by molar-refractivity contribution is 7.89. The average Bonchev–Trinajstić information content (AvgIpc) is 3.28. The molecule has 0 saturated carbocycles. The summed E-state index contributed by atoms with van der Waals surface area (Å²) in [4.78, 5) is 29.6. The maximum Gasteiger partial charge on any atom is 0.416 e. The average molecular weight is 691 g/mol. The van der Waals surface area contributed by atoms with E-state index in [1.54, 1.807) is 48.2 Å². The summed E-state index contributed by atoms with van der Waals surface area (Å²) in [6.45, 7) is 10.1. The molecule has 1 unspecified atom stereocenters. The molecule has 0 aromatic heterocycles. The highest BCUT2D eigenvalue weighted by Gasteiger charge is 2.54. The number of rotatable bonds is 14. The molecular formula is C35H45F3N4O5S. The van der Waals surface area contributed by atoms with Crippen molar-refractivity contribution in [2.45, 2.75) is 63.3 Å². The first-order valence-electron chi connectivity index (χ1n) is 16.1. The molecule has 2 aromatic rings. The van der Waals surface area contributed by atoms with Crippen LogP contribution >= 0.6 is 0 Å². The van der Waals surface area contributed by atoms with Gasteiger partial charge in [-0.05, 0) is 99.5 Å². The normalized spacial score (nSPS) is 18.5. The van der Waals surface area contributed by atoms with Gasteiger partial charge >= 0.3 is 6.18 Å². The van der Waals surface area contributed by atoms with Gasteiger partial charge in [0.05, 0.1) is 17.9 Å². The molecule has 4 rings (SSSR count). The summed E-state index contributed by atoms with van der Waals surface area (Å²) in [6.07, 6.45) is 0.665. The van der Waals surface area contributed by atoms with Gasteiger partial charge in [-0.15, -0.1) is 13.2 Å². The van der Waals surface area contributed by atoms with Gasteiger partial charge in [0, 0.05) is 32.2 Å². The summed E-state index contributed by atoms with van der Waals surface area (Å²) >= 11 is 0. The summed E-state index contributed by atoms with van der Waals surface area (Å²) in [5.74, 6) is -0.555. The Kier molecular flexibility index (Phi) is 11.8. The van der Waals surface area contributed by atoms with Crippen LogP contribution in [0.15, 0.2) is 61.7 Å². The second-order valence-electron chi connectivity index (χ2n) is 12.5. The fraction of sp³-hybridized carbons (Fsp3) is 0.486. The molecule has 2 heterocycles. The first kappa shape index (κ1) is 37.1. The van der Waals surface area contributed by atoms with Gasteiger partial charge in [-0.25, -0.2) is 12.7 Å². The van der Waals surface area contributed by atoms with Crippen molar-refractivity contribution in [3.63, 3.8) is 0 Å². The van der Waals surface area contributed by atoms with Crippen molar-refractivity contribution in [1.82, 2.24) is 19.4 Å². The summed E-state index contributed by atoms with van der Waals surface area (Å²) in [5, 5.41) is 2.84. The second kappa shape index (κ2) is 15.3. The predicted octanol–water partition coefficient (Wildman–Crippen LogP) is 5.47. The van der Waals surface area contributed by atoms with Crippen LogP contribution in [-0.4, -0.2) is 86.0 Å². The van der Waals surface area contributed by atoms with Crippen LogP contribution in [0.3, 0.4) is 0 Å². The molecule has 0 radical (unpaired) electrons. The van der Waals surface area contributed by atoms with E-state index in [1.807, 2.05) is 13.0 Å². The SMILES string of the molecule is C=CCCCN(C)C(=O)c1ccc(CCS(=O)(=O)N2CCC3(CC2)C(=O)NC(c2cc(OCCC=C)cc(C(F)(F)F)c2)N3C)c(C)c1. The molecule has 2 amide bonds. The lowest BCUT2D eigenvalue weighted by Crippen LogP contribution is -2.56. The third-order valence-electron chi connectivity index (χ3n) is 9.33. The maximum absolute atomic E-state index is 13.8. The number of unbranched alkanes of at least 4 members (excludes halogenated alkanes) is 1. The number of amides is 2. The third-order valence-corrected chi connectivity index (χ3v) is 11.2. The van der Waals surface area contributed by atoms with E-state index in [0.29, 0.717) is 18.5 Å². The monoisotopic (exact) mass is 690 g/mol. The number of hydrogen-bond acceptors (Lipinski definition) is 6. The number of alkyl halides is 3. The van der Waals surface area contributed by atoms with E-state index < -0.39 is 33.5 Å². The molecule has 1 N–H and O–H groups in total. The topological polar surface area (TPSA) is 99.3 Å². The fourth-order valence-electron chi connectivity index (χ4n) is 6.34. The maximum atomic E-state index is 13.8. The lowest BCUT2D eigenvalue weighted by molar-refractivity contribution is -0.137. The molecule has 48 heavy (non-hydrogen) atoms. The van der Waals surface area contributed by atoms with Gasteiger partial charge in [-0.1, -0.05) is 18.2 Å². The molecule has 2 aliphatic heterocycles. The molecule has 2 aliphatic rings. The van der Waals surface area contributed by atoms with Crippen LogP contribution in [0.5, 0.6) is 5.75 Å². The van der Waals surface area contributed by atoms with Gasteiger partial charge in [-0.3, -0.25) is 14.5 Å². The van der Waals surface area contributed by atoms with Gasteiger partial charge in [0.15, 0.2) is 0 Å². The quantitative estimate of drug-likeness (QED) is 0.209. The zero-order chi connectivity index (χ0) is 35.3. The minimum Gasteiger partial charge on any atom is -0.493 e. The lowest BCUT2D eigenvalue weighted by atomic mass is 9.87. The highest BCUT2D eigenvalue weighted by atomic mass is 32.2. The Bertz CT molecular complexity index is 1620. The van der Waals surface area contributed by atoms with E-state index in [1.165, 1.54) is 10.4 Å². The molecule has 1 spiro atoms. The minimum atomic E-state index is -4.62. The van der Waals surface area contributed by atoms with E-state index in [4.69, 9.17) is 4.74 Å². The van der Waals surface area contributed by atoms with Gasteiger partial charge in [0.1, 0.15) is 17.5 Å². The van der Waals surface area contributed by atoms with Crippen molar-refractivity contribution in [2.75, 3.05) is 46.1 Å². The van der Waals surface area contributed by atoms with Crippen LogP contribution in [0, 0.1) is 6.92 Å². The number of halogens is 3. The van der Waals surface area contributed by atoms with Crippen molar-refractivity contribution in [1.29, 1.82) is 0 Å². The zero-order valence-corrected chi connectivity index (χ0v) is 28.6. The summed E-state index contributed by atoms with van der Waals surface area (Å²) in [5.41, 5.74) is 0.453. The van der Waals surface area contributed by atoms with Crippen LogP contribution in [-0.2, 0) is 27.4 Å². The molecule has 2 fully saturated rings. The predicted molar refractivity (Wildman–Crippen MR) is 179 cm³/mol. The first-order chi connectivity index (χ1) is 22.6. The Balaban J connectivity index is 1.41. The number of likely N-dealkylation sites (N-methyl/N-ethyl adjacent to an activating group) is 1. The molecule has 2 saturated heterocycles. The molecule has 0 aliphatic carbocycles. The number of ether oxygens (including phenoxy) is 1. The van der Waals surface area contributed by atoms with Crippen molar-refractivity contribution in [3.8, 4) is 5.75 Å². The van der Waals surface area contributed by atoms with Crippen molar-refractivity contribution >= 4 is 21.8 Å². The lowest BCUT2D eigenvalue weighted by Gasteiger charge is -2.41. The van der Waals surface area contributed by atoms with Gasteiger partial charge in [0.2, 0.25) is 15.9 Å². The van der Waals surface area contributed by atoms with Gasteiger partial charge in [0.25, 0.3) is 5.91 Å². The standard InChI is InChI=1S/C35H45F3N4O5S/c1-6-8-10-16-40(4)32(43)27-12-11-26(25(3)21-27)13-20-48(45,46)42-17-14-34(15-18-42)33(44)39-31(41(34)5)28-22-29(35(36,37)38)24-30(23-28)47-19-9-7-2/h6-7,11-12,21-24,31H,1-2,8-10,13-20H2,3-5H3,(H,39,44). The molecule has 262 valence electrons. The number of carbonyl (C=O) groups excluding carboxylic acids is 2. The van der Waals surface area contributed by atoms with Crippen molar-refractivity contribution in [3.05, 3.63) is 89.5 Å². The summed E-state index contributed by atoms with van der Waals surface area (Å²) < 4.78 is 75.0. The van der Waals surface area contributed by atoms with Crippen molar-refractivity contribution < 1.29 is 35.9 Å². The Hall–Kier alpha value is -3.68. The molecular weight excluding hydrogens is 645 g/mol. The van der Waals surface area contributed by atoms with Crippen molar-refractivity contribution in [2.24, 2.45) is 0 Å². The van der Waals surface area contributed by atoms with Crippen LogP contribution in [0.2, 0.25) is 0 Å². The molecule has 9 nitrogen and oxygen atoms in total. The number of hydrogen-bond donors (Lipinski definition) is 1. The highest BCUT2D eigenvalue weighted by Crippen LogP contribution is 2.42. The Morgan fingerprint density at radius 1 is 1.12 bits per heavy atom. The fourth-order valence-corrected chi connectivity index (χ4v) is 7.82. The zero-order valence-electron chi connectivity index (χ0n) is 27.8. The number of aryl methyl sites for hydroxylation is 2. The van der Waals surface area contributed by atoms with Crippen LogP contribution in [0.25, 0.3) is 0 Å². The molecule has 0 bridgehead atoms. The van der Waals surface area contributed by atoms with E-state index in [-0.39, 0.29) is 67.8 Å².